The molecule has 7 heteroatoms. The number of hydrogen-bond acceptors (Lipinski definition) is 5. The Morgan fingerprint density at radius 1 is 1.00 bits per heavy atom. The number of hydrogen-bond donors (Lipinski definition) is 2. The van der Waals surface area contributed by atoms with Crippen molar-refractivity contribution in [2.45, 2.75) is 26.9 Å². The molecule has 0 aliphatic carbocycles. The number of morpholine rings is 1. The average Bonchev–Trinajstić information content (AvgIpc) is 2.86. The van der Waals surface area contributed by atoms with Crippen LogP contribution in [0.25, 0.3) is 0 Å². The molecule has 34 heavy (non-hydrogen) atoms. The molecule has 0 bridgehead atoms. The van der Waals surface area contributed by atoms with Crippen molar-refractivity contribution in [3.05, 3.63) is 94.8 Å². The second-order valence-corrected chi connectivity index (χ2v) is 8.50. The molecular formula is C27H31N5O2. The first-order valence-electron chi connectivity index (χ1n) is 11.5. The molecule has 0 saturated carbocycles. The first-order chi connectivity index (χ1) is 16.6. The number of guanidine groups is 1. The summed E-state index contributed by atoms with van der Waals surface area (Å²) >= 11 is 0. The summed E-state index contributed by atoms with van der Waals surface area (Å²) in [6.45, 7) is 8.79. The highest BCUT2D eigenvalue weighted by Gasteiger charge is 2.13. The van der Waals surface area contributed by atoms with Crippen molar-refractivity contribution in [3.8, 4) is 0 Å². The van der Waals surface area contributed by atoms with Crippen LogP contribution in [0.4, 0.5) is 5.69 Å². The van der Waals surface area contributed by atoms with Gasteiger partial charge < -0.3 is 10.1 Å². The van der Waals surface area contributed by atoms with E-state index >= 15 is 0 Å². The van der Waals surface area contributed by atoms with E-state index in [9.17, 15) is 4.79 Å². The second kappa shape index (κ2) is 11.5. The number of nitrogens with one attached hydrogen (secondary N) is 2. The second-order valence-electron chi connectivity index (χ2n) is 8.50. The predicted molar refractivity (Wildman–Crippen MR) is 135 cm³/mol. The maximum Gasteiger partial charge on any atom is 0.257 e. The van der Waals surface area contributed by atoms with Crippen molar-refractivity contribution < 1.29 is 9.53 Å². The topological polar surface area (TPSA) is 78.8 Å². The summed E-state index contributed by atoms with van der Waals surface area (Å²) in [6, 6.07) is 17.7. The molecule has 4 rings (SSSR count). The molecule has 0 atom stereocenters. The van der Waals surface area contributed by atoms with Crippen molar-refractivity contribution in [1.82, 2.24) is 15.2 Å². The molecule has 2 N–H and O–H groups in total. The molecule has 3 aromatic rings. The molecule has 1 aliphatic heterocycles. The van der Waals surface area contributed by atoms with Crippen LogP contribution in [0.2, 0.25) is 0 Å². The molecule has 0 spiro atoms. The van der Waals surface area contributed by atoms with Crippen LogP contribution >= 0.6 is 0 Å². The molecule has 1 amide bonds. The molecule has 1 saturated heterocycles. The SMILES string of the molecule is Cc1ccc(NC(=NCc2ccncc2)NC(=O)c2ccc(CN3CCOCC3)cc2)c(C)c1. The third-order valence-corrected chi connectivity index (χ3v) is 5.76. The van der Waals surface area contributed by atoms with E-state index in [1.807, 2.05) is 55.5 Å². The average molecular weight is 458 g/mol. The highest BCUT2D eigenvalue weighted by Crippen LogP contribution is 2.16. The number of aliphatic imine (C=N–C) groups is 1. The zero-order chi connectivity index (χ0) is 23.8. The largest absolute Gasteiger partial charge is 0.379 e. The number of rotatable bonds is 6. The standard InChI is InChI=1S/C27H31N5O2/c1-20-3-8-25(21(2)17-20)30-27(29-18-22-9-11-28-12-10-22)31-26(33)24-6-4-23(5-7-24)19-32-13-15-34-16-14-32/h3-12,17H,13-16,18-19H2,1-2H3,(H2,29,30,31,33). The summed E-state index contributed by atoms with van der Waals surface area (Å²) < 4.78 is 5.41. The highest BCUT2D eigenvalue weighted by atomic mass is 16.5. The number of anilines is 1. The van der Waals surface area contributed by atoms with Crippen LogP contribution < -0.4 is 10.6 Å². The van der Waals surface area contributed by atoms with Crippen LogP contribution in [-0.4, -0.2) is 48.1 Å². The Morgan fingerprint density at radius 2 is 1.74 bits per heavy atom. The zero-order valence-electron chi connectivity index (χ0n) is 19.8. The lowest BCUT2D eigenvalue weighted by Crippen LogP contribution is -2.36. The lowest BCUT2D eigenvalue weighted by atomic mass is 10.1. The van der Waals surface area contributed by atoms with Gasteiger partial charge in [-0.25, -0.2) is 4.99 Å². The monoisotopic (exact) mass is 457 g/mol. The minimum absolute atomic E-state index is 0.205. The summed E-state index contributed by atoms with van der Waals surface area (Å²) in [7, 11) is 0. The van der Waals surface area contributed by atoms with E-state index in [0.717, 1.165) is 49.7 Å². The van der Waals surface area contributed by atoms with Crippen LogP contribution in [0.3, 0.4) is 0 Å². The maximum atomic E-state index is 13.0. The quantitative estimate of drug-likeness (QED) is 0.433. The van der Waals surface area contributed by atoms with Crippen LogP contribution in [0.1, 0.15) is 32.6 Å². The maximum absolute atomic E-state index is 13.0. The number of aromatic nitrogens is 1. The molecule has 2 aromatic carbocycles. The molecule has 1 fully saturated rings. The number of carbonyl (C=O) groups is 1. The number of benzene rings is 2. The van der Waals surface area contributed by atoms with E-state index in [-0.39, 0.29) is 5.91 Å². The minimum atomic E-state index is -0.205. The van der Waals surface area contributed by atoms with E-state index in [1.165, 1.54) is 11.1 Å². The Morgan fingerprint density at radius 3 is 2.44 bits per heavy atom. The van der Waals surface area contributed by atoms with Gasteiger partial charge >= 0.3 is 0 Å². The molecule has 0 unspecified atom stereocenters. The molecule has 7 nitrogen and oxygen atoms in total. The number of nitrogens with zero attached hydrogens (tertiary/aromatic N) is 3. The number of pyridine rings is 1. The van der Waals surface area contributed by atoms with Crippen molar-refractivity contribution in [2.24, 2.45) is 4.99 Å². The van der Waals surface area contributed by atoms with Gasteiger partial charge in [0.25, 0.3) is 5.91 Å². The van der Waals surface area contributed by atoms with Gasteiger partial charge in [0.1, 0.15) is 0 Å². The van der Waals surface area contributed by atoms with Crippen molar-refractivity contribution in [3.63, 3.8) is 0 Å². The lowest BCUT2D eigenvalue weighted by molar-refractivity contribution is 0.0342. The lowest BCUT2D eigenvalue weighted by Gasteiger charge is -2.26. The Bertz CT molecular complexity index is 1120. The van der Waals surface area contributed by atoms with E-state index in [2.05, 4.69) is 38.5 Å². The number of ether oxygens (including phenoxy) is 1. The van der Waals surface area contributed by atoms with Crippen LogP contribution in [-0.2, 0) is 17.8 Å². The molecule has 176 valence electrons. The van der Waals surface area contributed by atoms with Gasteiger partial charge in [-0.2, -0.15) is 0 Å². The zero-order valence-corrected chi connectivity index (χ0v) is 19.8. The Kier molecular flexibility index (Phi) is 8.01. The van der Waals surface area contributed by atoms with Gasteiger partial charge in [0.2, 0.25) is 5.96 Å². The van der Waals surface area contributed by atoms with E-state index < -0.39 is 0 Å². The fourth-order valence-corrected chi connectivity index (χ4v) is 3.81. The fraction of sp³-hybridized carbons (Fsp3) is 0.296. The van der Waals surface area contributed by atoms with Crippen molar-refractivity contribution in [1.29, 1.82) is 0 Å². The van der Waals surface area contributed by atoms with E-state index in [4.69, 9.17) is 4.74 Å². The first-order valence-corrected chi connectivity index (χ1v) is 11.5. The van der Waals surface area contributed by atoms with Gasteiger partial charge in [0, 0.05) is 43.3 Å². The fourth-order valence-electron chi connectivity index (χ4n) is 3.81. The first kappa shape index (κ1) is 23.6. The molecule has 2 heterocycles. The van der Waals surface area contributed by atoms with Gasteiger partial charge in [-0.3, -0.25) is 20.0 Å². The van der Waals surface area contributed by atoms with Crippen LogP contribution in [0, 0.1) is 13.8 Å². The molecule has 1 aromatic heterocycles. The van der Waals surface area contributed by atoms with Gasteiger partial charge in [0.05, 0.1) is 19.8 Å². The highest BCUT2D eigenvalue weighted by molar-refractivity contribution is 6.10. The Hall–Kier alpha value is -3.55. The summed E-state index contributed by atoms with van der Waals surface area (Å²) in [6.07, 6.45) is 3.47. The Balaban J connectivity index is 1.46. The smallest absolute Gasteiger partial charge is 0.257 e. The van der Waals surface area contributed by atoms with Crippen molar-refractivity contribution in [2.75, 3.05) is 31.6 Å². The molecular weight excluding hydrogens is 426 g/mol. The Labute approximate surface area is 200 Å². The van der Waals surface area contributed by atoms with Gasteiger partial charge in [0.15, 0.2) is 0 Å². The molecule has 1 aliphatic rings. The van der Waals surface area contributed by atoms with Gasteiger partial charge in [-0.15, -0.1) is 0 Å². The molecule has 0 radical (unpaired) electrons. The predicted octanol–water partition coefficient (Wildman–Crippen LogP) is 3.93. The summed E-state index contributed by atoms with van der Waals surface area (Å²) in [4.78, 5) is 24.1. The third kappa shape index (κ3) is 6.73. The van der Waals surface area contributed by atoms with Gasteiger partial charge in [-0.1, -0.05) is 29.8 Å². The van der Waals surface area contributed by atoms with Crippen LogP contribution in [0.15, 0.2) is 72.0 Å². The third-order valence-electron chi connectivity index (χ3n) is 5.76. The summed E-state index contributed by atoms with van der Waals surface area (Å²) in [5.74, 6) is 0.204. The van der Waals surface area contributed by atoms with E-state index in [0.29, 0.717) is 18.1 Å². The minimum Gasteiger partial charge on any atom is -0.379 e. The number of aryl methyl sites for hydroxylation is 2. The normalized spacial score (nSPS) is 14.6. The van der Waals surface area contributed by atoms with Gasteiger partial charge in [-0.05, 0) is 60.9 Å². The summed E-state index contributed by atoms with van der Waals surface area (Å²) in [5, 5.41) is 6.25. The van der Waals surface area contributed by atoms with E-state index in [1.54, 1.807) is 12.4 Å². The summed E-state index contributed by atoms with van der Waals surface area (Å²) in [5.41, 5.74) is 5.94. The number of carbonyl (C=O) groups excluding carboxylic acids is 1. The van der Waals surface area contributed by atoms with Crippen LogP contribution in [0.5, 0.6) is 0 Å². The van der Waals surface area contributed by atoms with Crippen molar-refractivity contribution >= 4 is 17.6 Å². The number of amides is 1.